The van der Waals surface area contributed by atoms with E-state index < -0.39 is 23.2 Å². The Hall–Kier alpha value is -0.780. The largest absolute Gasteiger partial charge is 0.411 e. The molecule has 0 radical (unpaired) electrons. The van der Waals surface area contributed by atoms with Crippen LogP contribution in [-0.2, 0) is 9.53 Å². The highest BCUT2D eigenvalue weighted by Gasteiger charge is 2.64. The summed E-state index contributed by atoms with van der Waals surface area (Å²) in [5.74, 6) is -0.736. The zero-order valence-corrected chi connectivity index (χ0v) is 8.86. The first-order valence-corrected chi connectivity index (χ1v) is 4.59. The predicted molar refractivity (Wildman–Crippen MR) is 47.3 cm³/mol. The van der Waals surface area contributed by atoms with Crippen LogP contribution in [0.1, 0.15) is 26.7 Å². The number of ether oxygens (including phenoxy) is 1. The molecule has 6 heteroatoms. The summed E-state index contributed by atoms with van der Waals surface area (Å²) in [5, 5.41) is 2.01. The maximum atomic E-state index is 12.5. The number of methoxy groups -OCH3 is 1. The molecule has 0 aromatic heterocycles. The molecule has 0 spiro atoms. The first-order valence-electron chi connectivity index (χ1n) is 4.59. The van der Waals surface area contributed by atoms with Crippen molar-refractivity contribution in [2.45, 2.75) is 44.0 Å². The average molecular weight is 225 g/mol. The predicted octanol–water partition coefficient (Wildman–Crippen LogP) is 1.62. The molecule has 0 bridgehead atoms. The summed E-state index contributed by atoms with van der Waals surface area (Å²) < 4.78 is 42.3. The van der Waals surface area contributed by atoms with E-state index in [0.717, 1.165) is 0 Å². The van der Waals surface area contributed by atoms with Gasteiger partial charge in [-0.25, -0.2) is 0 Å². The number of rotatable bonds is 3. The fourth-order valence-corrected chi connectivity index (χ4v) is 1.06. The van der Waals surface area contributed by atoms with Crippen LogP contribution in [0.15, 0.2) is 0 Å². The second-order valence-electron chi connectivity index (χ2n) is 4.25. The van der Waals surface area contributed by atoms with Gasteiger partial charge in [-0.3, -0.25) is 4.79 Å². The highest BCUT2D eigenvalue weighted by atomic mass is 19.4. The Bertz CT molecular complexity index is 269. The maximum absolute atomic E-state index is 12.5. The van der Waals surface area contributed by atoms with Gasteiger partial charge in [0.15, 0.2) is 0 Å². The van der Waals surface area contributed by atoms with Crippen LogP contribution < -0.4 is 5.32 Å². The van der Waals surface area contributed by atoms with Gasteiger partial charge < -0.3 is 10.1 Å². The van der Waals surface area contributed by atoms with E-state index in [1.54, 1.807) is 0 Å². The fourth-order valence-electron chi connectivity index (χ4n) is 1.06. The summed E-state index contributed by atoms with van der Waals surface area (Å²) in [4.78, 5) is 11.5. The number of hydrogen-bond donors (Lipinski definition) is 1. The Labute approximate surface area is 86.0 Å². The number of halogens is 3. The molecule has 0 atom stereocenters. The Morgan fingerprint density at radius 2 is 1.80 bits per heavy atom. The second kappa shape index (κ2) is 3.37. The molecular weight excluding hydrogens is 211 g/mol. The van der Waals surface area contributed by atoms with Crippen LogP contribution in [0.2, 0.25) is 0 Å². The lowest BCUT2D eigenvalue weighted by molar-refractivity contribution is -0.175. The summed E-state index contributed by atoms with van der Waals surface area (Å²) in [5.41, 5.74) is -3.25. The quantitative estimate of drug-likeness (QED) is 0.792. The van der Waals surface area contributed by atoms with E-state index >= 15 is 0 Å². The lowest BCUT2D eigenvalue weighted by atomic mass is 10.1. The van der Waals surface area contributed by atoms with Crippen molar-refractivity contribution in [3.63, 3.8) is 0 Å². The highest BCUT2D eigenvalue weighted by molar-refractivity contribution is 5.85. The molecule has 15 heavy (non-hydrogen) atoms. The fraction of sp³-hybridized carbons (Fsp3) is 0.889. The molecule has 0 heterocycles. The minimum atomic E-state index is -4.38. The van der Waals surface area contributed by atoms with Crippen LogP contribution in [0.4, 0.5) is 13.2 Å². The molecule has 1 fully saturated rings. The number of alkyl halides is 3. The van der Waals surface area contributed by atoms with E-state index in [-0.39, 0.29) is 12.8 Å². The minimum Gasteiger partial charge on any atom is -0.369 e. The number of nitrogens with one attached hydrogen (secondary N) is 1. The van der Waals surface area contributed by atoms with Crippen molar-refractivity contribution in [2.75, 3.05) is 7.11 Å². The van der Waals surface area contributed by atoms with Gasteiger partial charge in [-0.2, -0.15) is 13.2 Å². The van der Waals surface area contributed by atoms with Gasteiger partial charge in [-0.15, -0.1) is 0 Å². The second-order valence-corrected chi connectivity index (χ2v) is 4.25. The summed E-state index contributed by atoms with van der Waals surface area (Å²) in [7, 11) is 1.28. The van der Waals surface area contributed by atoms with Gasteiger partial charge in [0, 0.05) is 7.11 Å². The maximum Gasteiger partial charge on any atom is 0.411 e. The van der Waals surface area contributed by atoms with E-state index in [0.29, 0.717) is 0 Å². The molecule has 1 N–H and O–H groups in total. The van der Waals surface area contributed by atoms with Gasteiger partial charge in [-0.05, 0) is 26.7 Å². The number of carbonyl (C=O) groups is 1. The van der Waals surface area contributed by atoms with E-state index in [9.17, 15) is 18.0 Å². The van der Waals surface area contributed by atoms with E-state index in [4.69, 9.17) is 4.74 Å². The molecule has 1 aliphatic carbocycles. The number of amides is 1. The molecule has 88 valence electrons. The standard InChI is InChI=1S/C9H14F3NO2/c1-7(2,15-3)6(14)13-8(4-5-8)9(10,11)12/h4-5H2,1-3H3,(H,13,14). The molecule has 3 nitrogen and oxygen atoms in total. The van der Waals surface area contributed by atoms with Gasteiger partial charge in [0.2, 0.25) is 0 Å². The van der Waals surface area contributed by atoms with Crippen molar-refractivity contribution in [1.82, 2.24) is 5.32 Å². The third kappa shape index (κ3) is 2.25. The Morgan fingerprint density at radius 3 is 2.07 bits per heavy atom. The zero-order valence-electron chi connectivity index (χ0n) is 8.86. The summed E-state index contributed by atoms with van der Waals surface area (Å²) >= 11 is 0. The van der Waals surface area contributed by atoms with Gasteiger partial charge in [0.05, 0.1) is 0 Å². The summed E-state index contributed by atoms with van der Waals surface area (Å²) in [6.07, 6.45) is -4.49. The molecule has 0 aromatic carbocycles. The van der Waals surface area contributed by atoms with Crippen molar-refractivity contribution >= 4 is 5.91 Å². The van der Waals surface area contributed by atoms with Crippen LogP contribution in [0, 0.1) is 0 Å². The molecule has 1 saturated carbocycles. The third-order valence-corrected chi connectivity index (χ3v) is 2.70. The Morgan fingerprint density at radius 1 is 1.33 bits per heavy atom. The number of carbonyl (C=O) groups excluding carboxylic acids is 1. The molecule has 1 rings (SSSR count). The lowest BCUT2D eigenvalue weighted by Gasteiger charge is -2.27. The van der Waals surface area contributed by atoms with Crippen molar-refractivity contribution in [2.24, 2.45) is 0 Å². The van der Waals surface area contributed by atoms with Gasteiger partial charge >= 0.3 is 6.18 Å². The van der Waals surface area contributed by atoms with Crippen LogP contribution >= 0.6 is 0 Å². The van der Waals surface area contributed by atoms with Gasteiger partial charge in [-0.1, -0.05) is 0 Å². The van der Waals surface area contributed by atoms with Crippen LogP contribution in [0.3, 0.4) is 0 Å². The normalized spacial score (nSPS) is 19.9. The lowest BCUT2D eigenvalue weighted by Crippen LogP contribution is -2.54. The van der Waals surface area contributed by atoms with Crippen molar-refractivity contribution in [3.05, 3.63) is 0 Å². The molecular formula is C9H14F3NO2. The number of hydrogen-bond acceptors (Lipinski definition) is 2. The molecule has 1 aliphatic rings. The van der Waals surface area contributed by atoms with Crippen molar-refractivity contribution < 1.29 is 22.7 Å². The summed E-state index contributed by atoms with van der Waals surface area (Å²) in [6.45, 7) is 2.85. The Balaban J connectivity index is 2.68. The van der Waals surface area contributed by atoms with E-state index in [1.807, 2.05) is 5.32 Å². The van der Waals surface area contributed by atoms with Crippen molar-refractivity contribution in [1.29, 1.82) is 0 Å². The average Bonchev–Trinajstić information content (AvgIpc) is 2.84. The smallest absolute Gasteiger partial charge is 0.369 e. The van der Waals surface area contributed by atoms with E-state index in [1.165, 1.54) is 21.0 Å². The topological polar surface area (TPSA) is 38.3 Å². The van der Waals surface area contributed by atoms with Gasteiger partial charge in [0.25, 0.3) is 5.91 Å². The monoisotopic (exact) mass is 225 g/mol. The molecule has 0 aromatic rings. The molecule has 0 aliphatic heterocycles. The Kier molecular flexibility index (Phi) is 2.76. The van der Waals surface area contributed by atoms with Crippen LogP contribution in [-0.4, -0.2) is 30.3 Å². The molecule has 0 saturated heterocycles. The minimum absolute atomic E-state index is 0.0535. The molecule has 0 unspecified atom stereocenters. The van der Waals surface area contributed by atoms with Crippen LogP contribution in [0.25, 0.3) is 0 Å². The summed E-state index contributed by atoms with van der Waals surface area (Å²) in [6, 6.07) is 0. The first kappa shape index (κ1) is 12.3. The molecule has 1 amide bonds. The van der Waals surface area contributed by atoms with Gasteiger partial charge in [0.1, 0.15) is 11.1 Å². The highest BCUT2D eigenvalue weighted by Crippen LogP contribution is 2.49. The SMILES string of the molecule is COC(C)(C)C(=O)NC1(C(F)(F)F)CC1. The van der Waals surface area contributed by atoms with Crippen LogP contribution in [0.5, 0.6) is 0 Å². The van der Waals surface area contributed by atoms with E-state index in [2.05, 4.69) is 0 Å². The van der Waals surface area contributed by atoms with Crippen molar-refractivity contribution in [3.8, 4) is 0 Å². The zero-order chi connectivity index (χ0) is 11.9. The first-order chi connectivity index (χ1) is 6.65. The third-order valence-electron chi connectivity index (χ3n) is 2.70.